The van der Waals surface area contributed by atoms with Gasteiger partial charge in [0, 0.05) is 36.7 Å². The van der Waals surface area contributed by atoms with E-state index in [0.717, 1.165) is 26.4 Å². The Bertz CT molecular complexity index is 595. The van der Waals surface area contributed by atoms with Gasteiger partial charge in [0.25, 0.3) is 0 Å². The summed E-state index contributed by atoms with van der Waals surface area (Å²) in [6.45, 7) is 34.3. The van der Waals surface area contributed by atoms with E-state index in [2.05, 4.69) is 88.6 Å². The van der Waals surface area contributed by atoms with Gasteiger partial charge in [-0.1, -0.05) is 83.1 Å². The summed E-state index contributed by atoms with van der Waals surface area (Å²) in [4.78, 5) is 0. The van der Waals surface area contributed by atoms with Gasteiger partial charge in [-0.15, -0.1) is 13.8 Å². The van der Waals surface area contributed by atoms with Crippen molar-refractivity contribution >= 4 is 28.2 Å². The number of hydrogen-bond acceptors (Lipinski definition) is 2. The molecule has 2 saturated heterocycles. The topological polar surface area (TPSA) is 18.5 Å². The van der Waals surface area contributed by atoms with Crippen LogP contribution >= 0.6 is 28.2 Å². The fourth-order valence-corrected chi connectivity index (χ4v) is 48.1. The van der Waals surface area contributed by atoms with Crippen LogP contribution in [0.25, 0.3) is 0 Å². The fourth-order valence-electron chi connectivity index (χ4n) is 3.53. The van der Waals surface area contributed by atoms with Crippen LogP contribution in [0.5, 0.6) is 0 Å². The van der Waals surface area contributed by atoms with E-state index in [4.69, 9.17) is 9.47 Å². The smallest absolute Gasteiger partial charge is 0.381 e. The van der Waals surface area contributed by atoms with Crippen molar-refractivity contribution in [2.24, 2.45) is 0 Å². The Labute approximate surface area is 217 Å². The van der Waals surface area contributed by atoms with Crippen molar-refractivity contribution in [1.29, 1.82) is 0 Å². The van der Waals surface area contributed by atoms with Crippen LogP contribution in [0.2, 0.25) is 0 Å². The van der Waals surface area contributed by atoms with Crippen LogP contribution in [0.15, 0.2) is 5.53 Å². The van der Waals surface area contributed by atoms with E-state index in [1.165, 1.54) is 25.7 Å². The molecule has 32 heavy (non-hydrogen) atoms. The third-order valence-electron chi connectivity index (χ3n) is 5.04. The van der Waals surface area contributed by atoms with E-state index < -0.39 is 0 Å². The Morgan fingerprint density at radius 2 is 0.719 bits per heavy atom. The molecule has 3 rings (SSSR count). The molecule has 2 aliphatic heterocycles. The quantitative estimate of drug-likeness (QED) is 0.256. The van der Waals surface area contributed by atoms with Crippen molar-refractivity contribution in [3.63, 3.8) is 0 Å². The molecule has 2 fully saturated rings. The molecule has 2 aliphatic rings. The van der Waals surface area contributed by atoms with Gasteiger partial charge in [-0.2, -0.15) is 0 Å². The average molecular weight is 517 g/mol. The van der Waals surface area contributed by atoms with Crippen molar-refractivity contribution in [1.82, 2.24) is 0 Å². The fraction of sp³-hybridized carbons (Fsp3) is 0.960. The molecule has 3 heterocycles. The molecule has 0 radical (unpaired) electrons. The van der Waals surface area contributed by atoms with Gasteiger partial charge in [0.05, 0.1) is 0 Å². The first-order valence-corrected chi connectivity index (χ1v) is 19.8. The van der Waals surface area contributed by atoms with Crippen molar-refractivity contribution in [2.75, 3.05) is 26.4 Å². The zero-order chi connectivity index (χ0) is 24.1. The summed E-state index contributed by atoms with van der Waals surface area (Å²) in [7, 11) is 0.105. The first-order chi connectivity index (χ1) is 14.0. The molecule has 186 valence electrons. The summed E-state index contributed by atoms with van der Waals surface area (Å²) < 4.78 is 9.89. The Balaban J connectivity index is 0.000000707. The van der Waals surface area contributed by atoms with Crippen molar-refractivity contribution < 1.29 is 28.3 Å². The van der Waals surface area contributed by atoms with Crippen LogP contribution in [0.4, 0.5) is 0 Å². The normalized spacial score (nSPS) is 19.4. The molecule has 7 heteroatoms. The summed E-state index contributed by atoms with van der Waals surface area (Å²) >= 11 is 0. The van der Waals surface area contributed by atoms with Gasteiger partial charge in [-0.25, -0.2) is 0 Å². The van der Waals surface area contributed by atoms with Gasteiger partial charge >= 0.3 is 18.9 Å². The third-order valence-corrected chi connectivity index (χ3v) is 37.3. The minimum absolute atomic E-state index is 0. The Morgan fingerprint density at radius 3 is 0.844 bits per heavy atom. The van der Waals surface area contributed by atoms with Gasteiger partial charge in [0.2, 0.25) is 0 Å². The number of ether oxygens (including phenoxy) is 2. The van der Waals surface area contributed by atoms with Crippen LogP contribution in [0.1, 0.15) is 109 Å². The Kier molecular flexibility index (Phi) is 14.5. The zero-order valence-corrected chi connectivity index (χ0v) is 27.4. The molecule has 0 N–H and O–H groups in total. The van der Waals surface area contributed by atoms with Crippen LogP contribution < -0.4 is 18.9 Å². The molecule has 0 spiro atoms. The summed E-state index contributed by atoms with van der Waals surface area (Å²) in [5.41, 5.74) is 2.93. The molecule has 4 unspecified atom stereocenters. The maximum atomic E-state index is 4.94. The van der Waals surface area contributed by atoms with E-state index in [0.29, 0.717) is 20.6 Å². The predicted molar refractivity (Wildman–Crippen MR) is 151 cm³/mol. The standard InChI is InChI=1S/C17H37P4.2C4H8O.Li/c1-14(2,3)18-13-19(15(4,5)6)21(17(10,11)12)20(18)16(7,8)9;2*1-2-4-5-3-1;/h13H,1-12H3;2*1-4H2;/q-1;;;+1. The molecular weight excluding hydrogens is 463 g/mol. The molecule has 1 aromatic heterocycles. The molecule has 0 aliphatic carbocycles. The second-order valence-electron chi connectivity index (χ2n) is 12.7. The summed E-state index contributed by atoms with van der Waals surface area (Å²) in [5.74, 6) is 0. The molecule has 2 nitrogen and oxygen atoms in total. The monoisotopic (exact) mass is 516 g/mol. The van der Waals surface area contributed by atoms with Crippen molar-refractivity contribution in [3.05, 3.63) is 5.53 Å². The summed E-state index contributed by atoms with van der Waals surface area (Å²) in [6, 6.07) is 0. The maximum Gasteiger partial charge on any atom is 1.00 e. The second-order valence-corrected chi connectivity index (χ2v) is 30.8. The van der Waals surface area contributed by atoms with E-state index in [1.807, 2.05) is 0 Å². The van der Waals surface area contributed by atoms with Crippen LogP contribution in [0, 0.1) is 0 Å². The van der Waals surface area contributed by atoms with Gasteiger partial charge in [0.15, 0.2) is 0 Å². The van der Waals surface area contributed by atoms with Gasteiger partial charge in [-0.05, 0) is 36.0 Å². The van der Waals surface area contributed by atoms with E-state index in [1.54, 1.807) is 0 Å². The minimum atomic E-state index is 0. The second kappa shape index (κ2) is 13.8. The largest absolute Gasteiger partial charge is 1.00 e. The Hall–Kier alpha value is 1.59. The summed E-state index contributed by atoms with van der Waals surface area (Å²) in [6.07, 6.45) is 5.11. The average Bonchev–Trinajstić information content (AvgIpc) is 3.33. The Morgan fingerprint density at radius 1 is 0.469 bits per heavy atom. The van der Waals surface area contributed by atoms with Crippen LogP contribution in [-0.2, 0) is 30.1 Å². The number of hydrogen-bond donors (Lipinski definition) is 0. The van der Waals surface area contributed by atoms with Crippen LogP contribution in [-0.4, -0.2) is 26.4 Å². The van der Waals surface area contributed by atoms with Gasteiger partial charge in [0.1, 0.15) is 0 Å². The van der Waals surface area contributed by atoms with Crippen LogP contribution in [0.3, 0.4) is 0 Å². The van der Waals surface area contributed by atoms with Crippen molar-refractivity contribution in [3.8, 4) is 0 Å². The molecule has 0 aromatic carbocycles. The summed E-state index contributed by atoms with van der Waals surface area (Å²) in [5, 5.41) is 1.93. The van der Waals surface area contributed by atoms with E-state index in [-0.39, 0.29) is 47.1 Å². The zero-order valence-electron chi connectivity index (χ0n) is 23.8. The third kappa shape index (κ3) is 11.1. The van der Waals surface area contributed by atoms with Crippen molar-refractivity contribution in [2.45, 2.75) is 129 Å². The SMILES string of the molecule is C1CCOC1.C1CCOC1.CC(C)(C)p1[cH-]p(C(C)(C)C)p(C(C)(C)C)p1C(C)(C)C.[Li+]. The molecule has 0 bridgehead atoms. The number of rotatable bonds is 0. The van der Waals surface area contributed by atoms with E-state index in [9.17, 15) is 0 Å². The molecule has 0 amide bonds. The van der Waals surface area contributed by atoms with Gasteiger partial charge in [-0.3, -0.25) is 20.0 Å². The molecule has 4 atom stereocenters. The molecular formula is C25H53LiO2P4. The molecule has 0 saturated carbocycles. The van der Waals surface area contributed by atoms with E-state index >= 15 is 0 Å². The van der Waals surface area contributed by atoms with Gasteiger partial charge < -0.3 is 9.47 Å². The molecule has 1 aromatic rings. The predicted octanol–water partition coefficient (Wildman–Crippen LogP) is 8.09. The minimum Gasteiger partial charge on any atom is -0.381 e. The first-order valence-electron chi connectivity index (χ1n) is 12.2. The first kappa shape index (κ1) is 33.6. The maximum absolute atomic E-state index is 4.94.